The zero-order valence-electron chi connectivity index (χ0n) is 11.6. The maximum Gasteiger partial charge on any atom is 0.446 e. The van der Waals surface area contributed by atoms with Crippen molar-refractivity contribution >= 4 is 29.4 Å². The third kappa shape index (κ3) is 6.08. The summed E-state index contributed by atoms with van der Waals surface area (Å²) in [5.41, 5.74) is -4.27. The number of methoxy groups -OCH3 is 2. The molecule has 0 bridgehead atoms. The van der Waals surface area contributed by atoms with Crippen LogP contribution in [0.5, 0.6) is 0 Å². The number of alkyl halides is 3. The van der Waals surface area contributed by atoms with E-state index in [1.165, 1.54) is 24.3 Å². The lowest BCUT2D eigenvalue weighted by Gasteiger charge is -2.10. The highest BCUT2D eigenvalue weighted by Crippen LogP contribution is 2.37. The average molecular weight is 335 g/mol. The highest BCUT2D eigenvalue weighted by Gasteiger charge is 2.29. The molecule has 0 saturated heterocycles. The Labute approximate surface area is 128 Å². The lowest BCUT2D eigenvalue weighted by molar-refractivity contribution is -0.138. The first-order chi connectivity index (χ1) is 10.2. The zero-order chi connectivity index (χ0) is 16.8. The van der Waals surface area contributed by atoms with Gasteiger partial charge in [0.15, 0.2) is 0 Å². The zero-order valence-corrected chi connectivity index (χ0v) is 12.4. The van der Waals surface area contributed by atoms with E-state index >= 15 is 0 Å². The highest BCUT2D eigenvalue weighted by molar-refractivity contribution is 8.00. The van der Waals surface area contributed by atoms with E-state index in [-0.39, 0.29) is 22.4 Å². The number of benzene rings is 1. The van der Waals surface area contributed by atoms with Gasteiger partial charge in [0.2, 0.25) is 0 Å². The molecule has 0 aliphatic rings. The number of hydrogen-bond acceptors (Lipinski definition) is 6. The molecule has 1 rings (SSSR count). The Kier molecular flexibility index (Phi) is 6.29. The van der Waals surface area contributed by atoms with Gasteiger partial charge in [-0.1, -0.05) is 0 Å². The normalized spacial score (nSPS) is 11.8. The summed E-state index contributed by atoms with van der Waals surface area (Å²) >= 11 is -0.255. The third-order valence-electron chi connectivity index (χ3n) is 2.24. The number of esters is 2. The summed E-state index contributed by atoms with van der Waals surface area (Å²) in [4.78, 5) is 22.7. The Morgan fingerprint density at radius 3 is 2.18 bits per heavy atom. The standard InChI is InChI=1S/C13H12F3NO4S/c1-20-11(18)7-10(12(19)21-2)17-8-3-5-9(6-4-8)22-13(14,15)16/h3-7,17H,1-2H3/b10-7+. The van der Waals surface area contributed by atoms with Crippen LogP contribution in [0.15, 0.2) is 40.9 Å². The Bertz CT molecular complexity index is 570. The predicted octanol–water partition coefficient (Wildman–Crippen LogP) is 2.94. The van der Waals surface area contributed by atoms with E-state index in [4.69, 9.17) is 0 Å². The molecule has 1 aromatic carbocycles. The first kappa shape index (κ1) is 17.9. The second-order valence-electron chi connectivity index (χ2n) is 3.77. The van der Waals surface area contributed by atoms with Crippen LogP contribution in [0.25, 0.3) is 0 Å². The van der Waals surface area contributed by atoms with Gasteiger partial charge in [-0.3, -0.25) is 0 Å². The summed E-state index contributed by atoms with van der Waals surface area (Å²) in [6.45, 7) is 0. The molecule has 0 spiro atoms. The van der Waals surface area contributed by atoms with Crippen molar-refractivity contribution in [3.8, 4) is 0 Å². The van der Waals surface area contributed by atoms with Crippen molar-refractivity contribution in [3.63, 3.8) is 0 Å². The van der Waals surface area contributed by atoms with Crippen LogP contribution in [-0.2, 0) is 19.1 Å². The van der Waals surface area contributed by atoms with Crippen LogP contribution in [-0.4, -0.2) is 31.7 Å². The van der Waals surface area contributed by atoms with E-state index in [9.17, 15) is 22.8 Å². The molecule has 0 amide bonds. The molecule has 0 fully saturated rings. The van der Waals surface area contributed by atoms with Crippen LogP contribution in [0.3, 0.4) is 0 Å². The number of ether oxygens (including phenoxy) is 2. The molecule has 0 atom stereocenters. The lowest BCUT2D eigenvalue weighted by atomic mass is 10.3. The molecule has 1 N–H and O–H groups in total. The van der Waals surface area contributed by atoms with Gasteiger partial charge < -0.3 is 14.8 Å². The SMILES string of the molecule is COC(=O)/C=C(/Nc1ccc(SC(F)(F)F)cc1)C(=O)OC. The van der Waals surface area contributed by atoms with Crippen molar-refractivity contribution in [2.45, 2.75) is 10.4 Å². The van der Waals surface area contributed by atoms with Gasteiger partial charge >= 0.3 is 17.4 Å². The molecule has 0 aliphatic carbocycles. The minimum atomic E-state index is -4.38. The first-order valence-corrected chi connectivity index (χ1v) is 6.57. The van der Waals surface area contributed by atoms with Crippen LogP contribution >= 0.6 is 11.8 Å². The van der Waals surface area contributed by atoms with E-state index in [2.05, 4.69) is 14.8 Å². The number of rotatable bonds is 5. The average Bonchev–Trinajstić information content (AvgIpc) is 2.46. The van der Waals surface area contributed by atoms with E-state index in [1.54, 1.807) is 0 Å². The molecule has 0 unspecified atom stereocenters. The van der Waals surface area contributed by atoms with Crippen LogP contribution in [0.4, 0.5) is 18.9 Å². The number of thioether (sulfide) groups is 1. The minimum Gasteiger partial charge on any atom is -0.466 e. The van der Waals surface area contributed by atoms with Crippen molar-refractivity contribution in [3.05, 3.63) is 36.0 Å². The molecule has 22 heavy (non-hydrogen) atoms. The van der Waals surface area contributed by atoms with Gasteiger partial charge in [0.1, 0.15) is 5.70 Å². The molecular weight excluding hydrogens is 323 g/mol. The number of nitrogens with one attached hydrogen (secondary N) is 1. The summed E-state index contributed by atoms with van der Waals surface area (Å²) in [7, 11) is 2.26. The number of anilines is 1. The molecular formula is C13H12F3NO4S. The molecule has 9 heteroatoms. The monoisotopic (exact) mass is 335 g/mol. The molecule has 0 aromatic heterocycles. The van der Waals surface area contributed by atoms with Crippen LogP contribution in [0.1, 0.15) is 0 Å². The van der Waals surface area contributed by atoms with Gasteiger partial charge in [-0.15, -0.1) is 0 Å². The van der Waals surface area contributed by atoms with Crippen LogP contribution in [0, 0.1) is 0 Å². The second-order valence-corrected chi connectivity index (χ2v) is 4.91. The molecule has 0 heterocycles. The van der Waals surface area contributed by atoms with Gasteiger partial charge in [0.25, 0.3) is 0 Å². The molecule has 0 radical (unpaired) electrons. The number of carbonyl (C=O) groups excluding carboxylic acids is 2. The summed E-state index contributed by atoms with van der Waals surface area (Å²) in [5.74, 6) is -1.60. The number of halogens is 3. The maximum atomic E-state index is 12.2. The largest absolute Gasteiger partial charge is 0.466 e. The molecule has 0 aliphatic heterocycles. The summed E-state index contributed by atoms with van der Waals surface area (Å²) in [6.07, 6.45) is 0.879. The van der Waals surface area contributed by atoms with Crippen molar-refractivity contribution in [1.29, 1.82) is 0 Å². The Balaban J connectivity index is 2.88. The summed E-state index contributed by atoms with van der Waals surface area (Å²) < 4.78 is 45.5. The lowest BCUT2D eigenvalue weighted by Crippen LogP contribution is -2.15. The summed E-state index contributed by atoms with van der Waals surface area (Å²) in [6, 6.07) is 5.13. The van der Waals surface area contributed by atoms with Crippen molar-refractivity contribution in [1.82, 2.24) is 0 Å². The Morgan fingerprint density at radius 1 is 1.14 bits per heavy atom. The fourth-order valence-electron chi connectivity index (χ4n) is 1.33. The van der Waals surface area contributed by atoms with E-state index in [1.807, 2.05) is 0 Å². The van der Waals surface area contributed by atoms with Crippen molar-refractivity contribution in [2.75, 3.05) is 19.5 Å². The van der Waals surface area contributed by atoms with Crippen molar-refractivity contribution < 1.29 is 32.2 Å². The topological polar surface area (TPSA) is 64.6 Å². The van der Waals surface area contributed by atoms with Gasteiger partial charge in [-0.05, 0) is 36.0 Å². The molecule has 5 nitrogen and oxygen atoms in total. The maximum absolute atomic E-state index is 12.2. The summed E-state index contributed by atoms with van der Waals surface area (Å²) in [5, 5.41) is 2.58. The molecule has 120 valence electrons. The number of carbonyl (C=O) groups is 2. The third-order valence-corrected chi connectivity index (χ3v) is 2.97. The van der Waals surface area contributed by atoms with Crippen LogP contribution < -0.4 is 5.32 Å². The molecule has 0 saturated carbocycles. The fourth-order valence-corrected chi connectivity index (χ4v) is 1.87. The number of hydrogen-bond donors (Lipinski definition) is 1. The Hall–Kier alpha value is -2.16. The minimum absolute atomic E-state index is 0.00499. The predicted molar refractivity (Wildman–Crippen MR) is 74.1 cm³/mol. The van der Waals surface area contributed by atoms with E-state index in [0.29, 0.717) is 5.69 Å². The van der Waals surface area contributed by atoms with Gasteiger partial charge in [0.05, 0.1) is 20.3 Å². The van der Waals surface area contributed by atoms with E-state index < -0.39 is 17.4 Å². The quantitative estimate of drug-likeness (QED) is 0.507. The van der Waals surface area contributed by atoms with Crippen LogP contribution in [0.2, 0.25) is 0 Å². The van der Waals surface area contributed by atoms with Crippen molar-refractivity contribution in [2.24, 2.45) is 0 Å². The first-order valence-electron chi connectivity index (χ1n) is 5.76. The van der Waals surface area contributed by atoms with Gasteiger partial charge in [-0.2, -0.15) is 13.2 Å². The fraction of sp³-hybridized carbons (Fsp3) is 0.231. The molecule has 1 aromatic rings. The van der Waals surface area contributed by atoms with E-state index in [0.717, 1.165) is 20.3 Å². The smallest absolute Gasteiger partial charge is 0.446 e. The van der Waals surface area contributed by atoms with Gasteiger partial charge in [0, 0.05) is 10.6 Å². The Morgan fingerprint density at radius 2 is 1.73 bits per heavy atom. The highest BCUT2D eigenvalue weighted by atomic mass is 32.2. The second kappa shape index (κ2) is 7.74. The van der Waals surface area contributed by atoms with Gasteiger partial charge in [-0.25, -0.2) is 9.59 Å².